The maximum atomic E-state index is 5.80. The Labute approximate surface area is 169 Å². The lowest BCUT2D eigenvalue weighted by Crippen LogP contribution is -2.35. The van der Waals surface area contributed by atoms with E-state index >= 15 is 0 Å². The molecular formula is C24H24N2O3. The monoisotopic (exact) mass is 388 g/mol. The van der Waals surface area contributed by atoms with E-state index < -0.39 is 0 Å². The van der Waals surface area contributed by atoms with Gasteiger partial charge in [-0.2, -0.15) is 0 Å². The Kier molecular flexibility index (Phi) is 4.52. The molecular weight excluding hydrogens is 364 g/mol. The quantitative estimate of drug-likeness (QED) is 0.527. The lowest BCUT2D eigenvalue weighted by Gasteiger charge is -2.36. The molecule has 0 amide bonds. The number of hydrogen-bond acceptors (Lipinski definition) is 4. The highest BCUT2D eigenvalue weighted by atomic mass is 16.5. The topological polar surface area (TPSA) is 50.6 Å². The fourth-order valence-electron chi connectivity index (χ4n) is 4.54. The molecule has 5 heteroatoms. The average molecular weight is 388 g/mol. The minimum Gasteiger partial charge on any atom is -0.493 e. The number of hydrogen-bond donors (Lipinski definition) is 1. The Morgan fingerprint density at radius 1 is 1.03 bits per heavy atom. The number of fused-ring (bicyclic) bond motifs is 3. The third-order valence-electron chi connectivity index (χ3n) is 5.80. The summed E-state index contributed by atoms with van der Waals surface area (Å²) in [5.41, 5.74) is 4.86. The maximum absolute atomic E-state index is 5.80. The molecule has 0 unspecified atom stereocenters. The Morgan fingerprint density at radius 3 is 2.72 bits per heavy atom. The highest BCUT2D eigenvalue weighted by Crippen LogP contribution is 2.44. The molecule has 0 spiro atoms. The summed E-state index contributed by atoms with van der Waals surface area (Å²) in [6, 6.07) is 18.6. The number of nitrogens with one attached hydrogen (secondary N) is 1. The van der Waals surface area contributed by atoms with Gasteiger partial charge >= 0.3 is 0 Å². The van der Waals surface area contributed by atoms with Crippen LogP contribution in [0.25, 0.3) is 10.9 Å². The average Bonchev–Trinajstić information content (AvgIpc) is 3.40. The number of para-hydroxylation sites is 2. The van der Waals surface area contributed by atoms with Gasteiger partial charge in [-0.3, -0.25) is 4.90 Å². The van der Waals surface area contributed by atoms with E-state index in [2.05, 4.69) is 40.2 Å². The maximum Gasteiger partial charge on any atom is 0.165 e. The zero-order chi connectivity index (χ0) is 19.8. The first-order valence-electron chi connectivity index (χ1n) is 9.87. The van der Waals surface area contributed by atoms with E-state index in [1.165, 1.54) is 22.2 Å². The third-order valence-corrected chi connectivity index (χ3v) is 5.80. The van der Waals surface area contributed by atoms with Gasteiger partial charge in [0.2, 0.25) is 0 Å². The predicted octanol–water partition coefficient (Wildman–Crippen LogP) is 4.93. The number of aromatic amines is 1. The van der Waals surface area contributed by atoms with E-state index in [0.717, 1.165) is 42.3 Å². The van der Waals surface area contributed by atoms with E-state index in [-0.39, 0.29) is 6.04 Å². The van der Waals surface area contributed by atoms with Crippen LogP contribution in [-0.4, -0.2) is 30.6 Å². The van der Waals surface area contributed by atoms with Gasteiger partial charge in [0, 0.05) is 28.7 Å². The minimum absolute atomic E-state index is 0.0151. The van der Waals surface area contributed by atoms with Gasteiger partial charge in [-0.15, -0.1) is 0 Å². The fourth-order valence-corrected chi connectivity index (χ4v) is 4.54. The van der Waals surface area contributed by atoms with Crippen molar-refractivity contribution in [1.82, 2.24) is 9.88 Å². The molecule has 0 bridgehead atoms. The molecule has 148 valence electrons. The van der Waals surface area contributed by atoms with Gasteiger partial charge in [0.15, 0.2) is 11.5 Å². The van der Waals surface area contributed by atoms with Crippen molar-refractivity contribution in [2.45, 2.75) is 19.0 Å². The molecule has 1 N–H and O–H groups in total. The number of aromatic nitrogens is 1. The molecule has 0 fully saturated rings. The zero-order valence-corrected chi connectivity index (χ0v) is 16.6. The number of nitrogens with zero attached hydrogens (tertiary/aromatic N) is 1. The molecule has 0 saturated carbocycles. The number of methoxy groups -OCH3 is 2. The molecule has 2 aromatic heterocycles. The number of rotatable bonds is 5. The van der Waals surface area contributed by atoms with Crippen molar-refractivity contribution in [3.63, 3.8) is 0 Å². The molecule has 1 aliphatic rings. The first kappa shape index (κ1) is 17.9. The summed E-state index contributed by atoms with van der Waals surface area (Å²) < 4.78 is 17.0. The van der Waals surface area contributed by atoms with Crippen molar-refractivity contribution in [3.8, 4) is 11.5 Å². The standard InChI is InChI=1S/C24H24N2O3/c1-27-21-11-5-9-19(24(21)28-2)23-22-18(17-8-3-4-10-20(17)25-22)12-13-26(23)15-16-7-6-14-29-16/h3-11,14,23,25H,12-13,15H2,1-2H3/t23-/m0/s1. The van der Waals surface area contributed by atoms with Crippen LogP contribution >= 0.6 is 0 Å². The van der Waals surface area contributed by atoms with Crippen LogP contribution in [0.5, 0.6) is 11.5 Å². The van der Waals surface area contributed by atoms with Crippen LogP contribution in [0.4, 0.5) is 0 Å². The third kappa shape index (κ3) is 2.98. The first-order chi connectivity index (χ1) is 14.3. The highest BCUT2D eigenvalue weighted by molar-refractivity contribution is 5.85. The Hall–Kier alpha value is -3.18. The summed E-state index contributed by atoms with van der Waals surface area (Å²) >= 11 is 0. The van der Waals surface area contributed by atoms with Crippen LogP contribution in [-0.2, 0) is 13.0 Å². The summed E-state index contributed by atoms with van der Waals surface area (Å²) in [7, 11) is 3.38. The van der Waals surface area contributed by atoms with Gasteiger partial charge in [-0.1, -0.05) is 30.3 Å². The fraction of sp³-hybridized carbons (Fsp3) is 0.250. The van der Waals surface area contributed by atoms with Crippen molar-refractivity contribution in [2.75, 3.05) is 20.8 Å². The Balaban J connectivity index is 1.69. The highest BCUT2D eigenvalue weighted by Gasteiger charge is 2.34. The second-order valence-electron chi connectivity index (χ2n) is 7.35. The number of benzene rings is 2. The molecule has 0 saturated heterocycles. The normalized spacial score (nSPS) is 16.7. The van der Waals surface area contributed by atoms with E-state index in [9.17, 15) is 0 Å². The van der Waals surface area contributed by atoms with E-state index in [0.29, 0.717) is 0 Å². The van der Waals surface area contributed by atoms with Crippen LogP contribution in [0.2, 0.25) is 0 Å². The second kappa shape index (κ2) is 7.33. The molecule has 4 aromatic rings. The van der Waals surface area contributed by atoms with Gasteiger partial charge in [-0.25, -0.2) is 0 Å². The van der Waals surface area contributed by atoms with Crippen LogP contribution in [0.1, 0.15) is 28.6 Å². The number of ether oxygens (including phenoxy) is 2. The van der Waals surface area contributed by atoms with Crippen LogP contribution < -0.4 is 9.47 Å². The Morgan fingerprint density at radius 2 is 1.93 bits per heavy atom. The molecule has 0 aliphatic carbocycles. The van der Waals surface area contributed by atoms with Gasteiger partial charge in [0.25, 0.3) is 0 Å². The molecule has 29 heavy (non-hydrogen) atoms. The first-order valence-corrected chi connectivity index (χ1v) is 9.87. The second-order valence-corrected chi connectivity index (χ2v) is 7.35. The lowest BCUT2D eigenvalue weighted by atomic mass is 9.91. The van der Waals surface area contributed by atoms with E-state index in [1.54, 1.807) is 20.5 Å². The van der Waals surface area contributed by atoms with Gasteiger partial charge in [0.05, 0.1) is 33.1 Å². The molecule has 1 aliphatic heterocycles. The summed E-state index contributed by atoms with van der Waals surface area (Å²) in [5, 5.41) is 1.30. The molecule has 5 nitrogen and oxygen atoms in total. The van der Waals surface area contributed by atoms with Crippen molar-refractivity contribution in [3.05, 3.63) is 83.4 Å². The van der Waals surface area contributed by atoms with Crippen molar-refractivity contribution < 1.29 is 13.9 Å². The van der Waals surface area contributed by atoms with Crippen molar-refractivity contribution >= 4 is 10.9 Å². The van der Waals surface area contributed by atoms with Crippen molar-refractivity contribution in [1.29, 1.82) is 0 Å². The largest absolute Gasteiger partial charge is 0.493 e. The van der Waals surface area contributed by atoms with Gasteiger partial charge < -0.3 is 18.9 Å². The number of H-pyrrole nitrogens is 1. The molecule has 3 heterocycles. The minimum atomic E-state index is 0.0151. The SMILES string of the molecule is COc1cccc([C@H]2c3[nH]c4ccccc4c3CCN2Cc2ccco2)c1OC. The summed E-state index contributed by atoms with van der Waals surface area (Å²) in [5.74, 6) is 2.47. The van der Waals surface area contributed by atoms with Gasteiger partial charge in [-0.05, 0) is 36.2 Å². The lowest BCUT2D eigenvalue weighted by molar-refractivity contribution is 0.183. The summed E-state index contributed by atoms with van der Waals surface area (Å²) in [6.45, 7) is 1.66. The number of furan rings is 1. The smallest absolute Gasteiger partial charge is 0.165 e. The van der Waals surface area contributed by atoms with E-state index in [4.69, 9.17) is 13.9 Å². The zero-order valence-electron chi connectivity index (χ0n) is 16.6. The predicted molar refractivity (Wildman–Crippen MR) is 113 cm³/mol. The molecule has 5 rings (SSSR count). The Bertz CT molecular complexity index is 1130. The van der Waals surface area contributed by atoms with Crippen molar-refractivity contribution in [2.24, 2.45) is 0 Å². The molecule has 1 atom stereocenters. The van der Waals surface area contributed by atoms with Crippen LogP contribution in [0.3, 0.4) is 0 Å². The molecule has 0 radical (unpaired) electrons. The van der Waals surface area contributed by atoms with Crippen LogP contribution in [0.15, 0.2) is 65.3 Å². The van der Waals surface area contributed by atoms with Gasteiger partial charge in [0.1, 0.15) is 5.76 Å². The van der Waals surface area contributed by atoms with E-state index in [1.807, 2.05) is 24.3 Å². The molecule has 2 aromatic carbocycles. The summed E-state index contributed by atoms with van der Waals surface area (Å²) in [6.07, 6.45) is 2.72. The summed E-state index contributed by atoms with van der Waals surface area (Å²) in [4.78, 5) is 6.13. The van der Waals surface area contributed by atoms with Crippen LogP contribution in [0, 0.1) is 0 Å².